The average Bonchev–Trinajstić information content (AvgIpc) is 3.12. The zero-order valence-electron chi connectivity index (χ0n) is 18.4. The summed E-state index contributed by atoms with van der Waals surface area (Å²) in [6.45, 7) is 2.97. The van der Waals surface area contributed by atoms with Crippen molar-refractivity contribution < 1.29 is 23.0 Å². The largest absolute Gasteiger partial charge is 0.486 e. The molecule has 0 aliphatic heterocycles. The van der Waals surface area contributed by atoms with Gasteiger partial charge in [-0.2, -0.15) is 8.78 Å². The van der Waals surface area contributed by atoms with Gasteiger partial charge >= 0.3 is 6.61 Å². The summed E-state index contributed by atoms with van der Waals surface area (Å²) in [5.41, 5.74) is 1.35. The predicted octanol–water partition coefficient (Wildman–Crippen LogP) is 4.42. The Balaban J connectivity index is 1.58. The molecule has 0 aliphatic carbocycles. The molecule has 0 saturated heterocycles. The number of halogens is 2. The number of nitrogen functional groups attached to an aromatic ring is 1. The van der Waals surface area contributed by atoms with E-state index in [2.05, 4.69) is 34.1 Å². The maximum absolute atomic E-state index is 12.6. The van der Waals surface area contributed by atoms with Gasteiger partial charge in [0, 0.05) is 0 Å². The molecule has 0 aliphatic rings. The maximum Gasteiger partial charge on any atom is 0.387 e. The fraction of sp³-hybridized carbons (Fsp3) is 0.318. The fourth-order valence-electron chi connectivity index (χ4n) is 2.80. The number of nitrogens with one attached hydrogen (secondary N) is 1. The number of carbonyl (C=O) groups is 1. The third kappa shape index (κ3) is 6.58. The van der Waals surface area contributed by atoms with Crippen molar-refractivity contribution in [3.05, 3.63) is 59.9 Å². The molecule has 11 heteroatoms. The number of benzene rings is 2. The molecule has 1 aromatic heterocycles. The summed E-state index contributed by atoms with van der Waals surface area (Å²) in [4.78, 5) is 12.6. The smallest absolute Gasteiger partial charge is 0.387 e. The first-order valence-electron chi connectivity index (χ1n) is 10.2. The van der Waals surface area contributed by atoms with Crippen LogP contribution in [0.3, 0.4) is 0 Å². The molecule has 0 spiro atoms. The number of rotatable bonds is 10. The average molecular weight is 478 g/mol. The second-order valence-electron chi connectivity index (χ2n) is 7.41. The number of nitrogens with zero attached hydrogens (tertiary/aromatic N) is 3. The number of aromatic nitrogens is 3. The van der Waals surface area contributed by atoms with Crippen molar-refractivity contribution in [3.63, 3.8) is 0 Å². The van der Waals surface area contributed by atoms with Gasteiger partial charge in [0.1, 0.15) is 18.1 Å². The molecular weight excluding hydrogens is 452 g/mol. The van der Waals surface area contributed by atoms with Crippen LogP contribution in [0.5, 0.6) is 11.5 Å². The van der Waals surface area contributed by atoms with Gasteiger partial charge in [-0.25, -0.2) is 4.68 Å². The number of ether oxygens (including phenoxy) is 2. The zero-order chi connectivity index (χ0) is 24.0. The van der Waals surface area contributed by atoms with Crippen LogP contribution in [-0.2, 0) is 11.4 Å². The highest BCUT2D eigenvalue weighted by Gasteiger charge is 2.21. The summed E-state index contributed by atoms with van der Waals surface area (Å²) < 4.78 is 36.6. The van der Waals surface area contributed by atoms with E-state index in [1.807, 2.05) is 24.3 Å². The highest BCUT2D eigenvalue weighted by molar-refractivity contribution is 8.00. The van der Waals surface area contributed by atoms with Crippen LogP contribution in [0.2, 0.25) is 0 Å². The highest BCUT2D eigenvalue weighted by atomic mass is 32.2. The van der Waals surface area contributed by atoms with Crippen molar-refractivity contribution in [1.82, 2.24) is 14.9 Å². The third-order valence-corrected chi connectivity index (χ3v) is 5.72. The molecule has 1 atom stereocenters. The van der Waals surface area contributed by atoms with Gasteiger partial charge in [0.25, 0.3) is 0 Å². The summed E-state index contributed by atoms with van der Waals surface area (Å²) in [6, 6.07) is 13.7. The number of alkyl halides is 2. The first-order chi connectivity index (χ1) is 15.7. The summed E-state index contributed by atoms with van der Waals surface area (Å²) in [7, 11) is 0. The lowest BCUT2D eigenvalue weighted by Gasteiger charge is -2.14. The Labute approximate surface area is 194 Å². The normalized spacial score (nSPS) is 12.1. The van der Waals surface area contributed by atoms with E-state index in [0.29, 0.717) is 22.6 Å². The Kier molecular flexibility index (Phi) is 8.10. The molecule has 33 heavy (non-hydrogen) atoms. The van der Waals surface area contributed by atoms with Gasteiger partial charge in [0.15, 0.2) is 5.82 Å². The first-order valence-corrected chi connectivity index (χ1v) is 11.1. The van der Waals surface area contributed by atoms with Gasteiger partial charge in [-0.3, -0.25) is 4.79 Å². The van der Waals surface area contributed by atoms with Crippen molar-refractivity contribution in [2.75, 3.05) is 11.2 Å². The third-order valence-electron chi connectivity index (χ3n) is 4.66. The van der Waals surface area contributed by atoms with Gasteiger partial charge in [-0.15, -0.1) is 10.2 Å². The molecule has 176 valence electrons. The lowest BCUT2D eigenvalue weighted by molar-refractivity contribution is -0.115. The van der Waals surface area contributed by atoms with Crippen LogP contribution in [0.15, 0.2) is 53.7 Å². The van der Waals surface area contributed by atoms with E-state index in [-0.39, 0.29) is 18.0 Å². The van der Waals surface area contributed by atoms with Gasteiger partial charge in [-0.1, -0.05) is 49.9 Å². The number of para-hydroxylation sites is 2. The SMILES string of the molecule is CC(Sc1nnc(COc2ccc(C(C)C)cc2)n1N)C(=O)Nc1ccccc1OC(F)F. The molecule has 1 unspecified atom stereocenters. The van der Waals surface area contributed by atoms with Crippen molar-refractivity contribution >= 4 is 23.4 Å². The molecule has 1 amide bonds. The van der Waals surface area contributed by atoms with E-state index in [9.17, 15) is 13.6 Å². The molecule has 0 fully saturated rings. The Hall–Kier alpha value is -3.34. The van der Waals surface area contributed by atoms with Crippen molar-refractivity contribution in [1.29, 1.82) is 0 Å². The molecule has 8 nitrogen and oxygen atoms in total. The Morgan fingerprint density at radius 1 is 1.12 bits per heavy atom. The van der Waals surface area contributed by atoms with Gasteiger partial charge in [0.2, 0.25) is 11.1 Å². The van der Waals surface area contributed by atoms with Crippen LogP contribution in [0.25, 0.3) is 0 Å². The lowest BCUT2D eigenvalue weighted by Crippen LogP contribution is -2.24. The Bertz CT molecular complexity index is 1080. The van der Waals surface area contributed by atoms with E-state index >= 15 is 0 Å². The van der Waals surface area contributed by atoms with Gasteiger partial charge < -0.3 is 20.6 Å². The summed E-state index contributed by atoms with van der Waals surface area (Å²) in [5, 5.41) is 10.3. The van der Waals surface area contributed by atoms with Crippen molar-refractivity contribution in [2.45, 2.75) is 50.3 Å². The van der Waals surface area contributed by atoms with E-state index in [0.717, 1.165) is 11.8 Å². The van der Waals surface area contributed by atoms with Crippen molar-refractivity contribution in [2.24, 2.45) is 0 Å². The Morgan fingerprint density at radius 3 is 2.48 bits per heavy atom. The van der Waals surface area contributed by atoms with Crippen molar-refractivity contribution in [3.8, 4) is 11.5 Å². The van der Waals surface area contributed by atoms with Gasteiger partial charge in [-0.05, 0) is 42.7 Å². The second kappa shape index (κ2) is 11.0. The number of thioether (sulfide) groups is 1. The molecule has 3 N–H and O–H groups in total. The maximum atomic E-state index is 12.6. The topological polar surface area (TPSA) is 104 Å². The van der Waals surface area contributed by atoms with Crippen LogP contribution in [0.1, 0.15) is 38.1 Å². The number of nitrogens with two attached hydrogens (primary N) is 1. The van der Waals surface area contributed by atoms with Crippen LogP contribution < -0.4 is 20.6 Å². The molecule has 2 aromatic carbocycles. The quantitative estimate of drug-likeness (QED) is 0.329. The molecule has 3 rings (SSSR count). The lowest BCUT2D eigenvalue weighted by atomic mass is 10.0. The zero-order valence-corrected chi connectivity index (χ0v) is 19.2. The molecular formula is C22H25F2N5O3S. The van der Waals surface area contributed by atoms with Crippen LogP contribution in [0.4, 0.5) is 14.5 Å². The molecule has 0 bridgehead atoms. The monoisotopic (exact) mass is 477 g/mol. The molecule has 1 heterocycles. The summed E-state index contributed by atoms with van der Waals surface area (Å²) >= 11 is 1.07. The first kappa shape index (κ1) is 24.3. The fourth-order valence-corrected chi connectivity index (χ4v) is 3.59. The number of hydrogen-bond donors (Lipinski definition) is 2. The van der Waals surface area contributed by atoms with Crippen LogP contribution in [-0.4, -0.2) is 32.6 Å². The van der Waals surface area contributed by atoms with Gasteiger partial charge in [0.05, 0.1) is 10.9 Å². The minimum atomic E-state index is -3.00. The molecule has 0 radical (unpaired) electrons. The molecule has 3 aromatic rings. The number of hydrogen-bond acceptors (Lipinski definition) is 7. The molecule has 0 saturated carbocycles. The summed E-state index contributed by atoms with van der Waals surface area (Å²) in [6.07, 6.45) is 0. The highest BCUT2D eigenvalue weighted by Crippen LogP contribution is 2.28. The number of amides is 1. The standard InChI is InChI=1S/C22H25F2N5O3S/c1-13(2)15-8-10-16(11-9-15)31-12-19-27-28-22(29(19)25)33-14(3)20(30)26-17-6-4-5-7-18(17)32-21(23)24/h4-11,13-14,21H,12,25H2,1-3H3,(H,26,30). The number of carbonyl (C=O) groups excluding carboxylic acids is 1. The minimum Gasteiger partial charge on any atom is -0.486 e. The number of anilines is 1. The van der Waals surface area contributed by atoms with E-state index in [1.165, 1.54) is 28.4 Å². The van der Waals surface area contributed by atoms with E-state index in [4.69, 9.17) is 10.6 Å². The minimum absolute atomic E-state index is 0.101. The van der Waals surface area contributed by atoms with E-state index in [1.54, 1.807) is 13.0 Å². The summed E-state index contributed by atoms with van der Waals surface area (Å²) in [5.74, 6) is 6.99. The second-order valence-corrected chi connectivity index (χ2v) is 8.71. The van der Waals surface area contributed by atoms with E-state index < -0.39 is 17.8 Å². The Morgan fingerprint density at radius 2 is 1.82 bits per heavy atom. The predicted molar refractivity (Wildman–Crippen MR) is 122 cm³/mol. The van der Waals surface area contributed by atoms with Crippen LogP contribution >= 0.6 is 11.8 Å². The van der Waals surface area contributed by atoms with Crippen LogP contribution in [0, 0.1) is 0 Å².